The molecule has 0 aliphatic heterocycles. The fraction of sp³-hybridized carbons (Fsp3) is 0.350. The third-order valence-electron chi connectivity index (χ3n) is 4.78. The number of hydrogen-bond donors (Lipinski definition) is 1. The highest BCUT2D eigenvalue weighted by Crippen LogP contribution is 2.31. The monoisotopic (exact) mass is 401 g/mol. The molecule has 7 heteroatoms. The highest BCUT2D eigenvalue weighted by molar-refractivity contribution is 8.00. The van der Waals surface area contributed by atoms with Crippen LogP contribution in [0.3, 0.4) is 0 Å². The van der Waals surface area contributed by atoms with Gasteiger partial charge in [0.15, 0.2) is 5.16 Å². The van der Waals surface area contributed by atoms with Gasteiger partial charge in [-0.1, -0.05) is 24.8 Å². The first-order valence-electron chi connectivity index (χ1n) is 8.83. The van der Waals surface area contributed by atoms with Gasteiger partial charge in [-0.05, 0) is 62.9 Å². The molecule has 2 heterocycles. The van der Waals surface area contributed by atoms with Gasteiger partial charge in [-0.3, -0.25) is 14.2 Å². The van der Waals surface area contributed by atoms with E-state index in [2.05, 4.69) is 0 Å². The lowest BCUT2D eigenvalue weighted by Crippen LogP contribution is -2.26. The van der Waals surface area contributed by atoms with Crippen LogP contribution in [0.4, 0.5) is 0 Å². The van der Waals surface area contributed by atoms with E-state index in [0.717, 1.165) is 33.7 Å². The molecule has 0 aliphatic rings. The van der Waals surface area contributed by atoms with E-state index in [0.29, 0.717) is 15.4 Å². The van der Waals surface area contributed by atoms with Gasteiger partial charge in [0.2, 0.25) is 5.91 Å². The molecule has 0 aliphatic carbocycles. The topological polar surface area (TPSA) is 78.0 Å². The van der Waals surface area contributed by atoms with Crippen molar-refractivity contribution in [2.24, 2.45) is 5.73 Å². The second-order valence-corrected chi connectivity index (χ2v) is 9.15. The summed E-state index contributed by atoms with van der Waals surface area (Å²) < 4.78 is 1.62. The largest absolute Gasteiger partial charge is 0.369 e. The summed E-state index contributed by atoms with van der Waals surface area (Å²) in [4.78, 5) is 31.7. The van der Waals surface area contributed by atoms with Gasteiger partial charge < -0.3 is 5.73 Å². The normalized spacial score (nSPS) is 12.5. The van der Waals surface area contributed by atoms with Crippen molar-refractivity contribution in [3.8, 4) is 5.69 Å². The van der Waals surface area contributed by atoms with E-state index in [9.17, 15) is 9.59 Å². The molecule has 0 unspecified atom stereocenters. The first-order valence-corrected chi connectivity index (χ1v) is 10.5. The molecule has 2 N–H and O–H groups in total. The van der Waals surface area contributed by atoms with E-state index >= 15 is 0 Å². The molecule has 0 saturated carbocycles. The molecule has 3 aromatic rings. The number of fused-ring (bicyclic) bond motifs is 1. The summed E-state index contributed by atoms with van der Waals surface area (Å²) in [6.45, 7) is 9.84. The van der Waals surface area contributed by atoms with Crippen LogP contribution in [-0.4, -0.2) is 20.7 Å². The van der Waals surface area contributed by atoms with Gasteiger partial charge in [-0.25, -0.2) is 4.98 Å². The van der Waals surface area contributed by atoms with Gasteiger partial charge in [0.1, 0.15) is 4.83 Å². The van der Waals surface area contributed by atoms with E-state index in [1.54, 1.807) is 11.5 Å². The Kier molecular flexibility index (Phi) is 5.44. The number of rotatable bonds is 5. The van der Waals surface area contributed by atoms with Gasteiger partial charge in [0.05, 0.1) is 16.3 Å². The summed E-state index contributed by atoms with van der Waals surface area (Å²) in [7, 11) is 0. The fourth-order valence-corrected chi connectivity index (χ4v) is 5.04. The number of carbonyl (C=O) groups is 1. The maximum atomic E-state index is 13.5. The molecule has 1 aromatic carbocycles. The fourth-order valence-electron chi connectivity index (χ4n) is 3.01. The first kappa shape index (κ1) is 19.6. The van der Waals surface area contributed by atoms with Gasteiger partial charge in [0.25, 0.3) is 5.56 Å². The molecule has 0 radical (unpaired) electrons. The summed E-state index contributed by atoms with van der Waals surface area (Å²) >= 11 is 2.74. The Bertz CT molecular complexity index is 1100. The van der Waals surface area contributed by atoms with E-state index in [4.69, 9.17) is 10.7 Å². The van der Waals surface area contributed by atoms with Gasteiger partial charge in [-0.2, -0.15) is 0 Å². The molecule has 0 spiro atoms. The molecule has 5 nitrogen and oxygen atoms in total. The Hall–Kier alpha value is -2.12. The Morgan fingerprint density at radius 2 is 2.00 bits per heavy atom. The number of carbonyl (C=O) groups excluding carboxylic acids is 1. The standard InChI is InChI=1S/C20H23N3O2S2/c1-6-15-12(4)26-18-16(15)19(25)23(14-8-7-10(2)11(3)9-14)20(22-18)27-13(5)17(21)24/h7-9,13H,6H2,1-5H3,(H2,21,24)/t13-/m1/s1. The minimum atomic E-state index is -0.487. The number of primary amides is 1. The Morgan fingerprint density at radius 3 is 2.59 bits per heavy atom. The second kappa shape index (κ2) is 7.48. The van der Waals surface area contributed by atoms with Crippen molar-refractivity contribution in [1.29, 1.82) is 0 Å². The highest BCUT2D eigenvalue weighted by Gasteiger charge is 2.22. The molecule has 2 aromatic heterocycles. The predicted molar refractivity (Wildman–Crippen MR) is 113 cm³/mol. The number of nitrogens with two attached hydrogens (primary N) is 1. The molecule has 1 amide bonds. The van der Waals surface area contributed by atoms with Crippen LogP contribution >= 0.6 is 23.1 Å². The van der Waals surface area contributed by atoms with Crippen LogP contribution in [-0.2, 0) is 11.2 Å². The number of amides is 1. The summed E-state index contributed by atoms with van der Waals surface area (Å²) in [6.07, 6.45) is 0.778. The SMILES string of the molecule is CCc1c(C)sc2nc(S[C@H](C)C(N)=O)n(-c3ccc(C)c(C)c3)c(=O)c12. The minimum absolute atomic E-state index is 0.0939. The van der Waals surface area contributed by atoms with Crippen molar-refractivity contribution in [1.82, 2.24) is 9.55 Å². The van der Waals surface area contributed by atoms with E-state index < -0.39 is 11.2 Å². The maximum Gasteiger partial charge on any atom is 0.267 e. The summed E-state index contributed by atoms with van der Waals surface area (Å²) in [5.41, 5.74) is 9.40. The van der Waals surface area contributed by atoms with Crippen LogP contribution < -0.4 is 11.3 Å². The predicted octanol–water partition coefficient (Wildman–Crippen LogP) is 3.90. The number of aryl methyl sites for hydroxylation is 4. The van der Waals surface area contributed by atoms with Gasteiger partial charge in [-0.15, -0.1) is 11.3 Å². The lowest BCUT2D eigenvalue weighted by Gasteiger charge is -2.15. The summed E-state index contributed by atoms with van der Waals surface area (Å²) in [5.74, 6) is -0.433. The van der Waals surface area contributed by atoms with Crippen LogP contribution in [0.2, 0.25) is 0 Å². The Morgan fingerprint density at radius 1 is 1.30 bits per heavy atom. The zero-order chi connectivity index (χ0) is 19.9. The number of aromatic nitrogens is 2. The lowest BCUT2D eigenvalue weighted by molar-refractivity contribution is -0.117. The molecule has 1 atom stereocenters. The Labute approximate surface area is 166 Å². The van der Waals surface area contributed by atoms with Gasteiger partial charge in [0, 0.05) is 4.88 Å². The molecule has 0 fully saturated rings. The average molecular weight is 402 g/mol. The van der Waals surface area contributed by atoms with Crippen molar-refractivity contribution in [3.63, 3.8) is 0 Å². The molecule has 27 heavy (non-hydrogen) atoms. The van der Waals surface area contributed by atoms with E-state index in [1.807, 2.05) is 45.9 Å². The number of nitrogens with zero attached hydrogens (tertiary/aromatic N) is 2. The summed E-state index contributed by atoms with van der Waals surface area (Å²) in [6, 6.07) is 5.89. The zero-order valence-corrected chi connectivity index (χ0v) is 17.8. The maximum absolute atomic E-state index is 13.5. The second-order valence-electron chi connectivity index (χ2n) is 6.64. The van der Waals surface area contributed by atoms with Crippen molar-refractivity contribution in [3.05, 3.63) is 50.1 Å². The number of thiophene rings is 1. The number of benzene rings is 1. The van der Waals surface area contributed by atoms with Crippen molar-refractivity contribution in [2.45, 2.75) is 51.4 Å². The summed E-state index contributed by atoms with van der Waals surface area (Å²) in [5, 5.41) is 0.680. The number of hydrogen-bond acceptors (Lipinski definition) is 5. The average Bonchev–Trinajstić information content (AvgIpc) is 2.93. The van der Waals surface area contributed by atoms with Crippen LogP contribution in [0.5, 0.6) is 0 Å². The zero-order valence-electron chi connectivity index (χ0n) is 16.1. The van der Waals surface area contributed by atoms with Gasteiger partial charge >= 0.3 is 0 Å². The van der Waals surface area contributed by atoms with Crippen LogP contribution in [0, 0.1) is 20.8 Å². The van der Waals surface area contributed by atoms with Crippen LogP contribution in [0.15, 0.2) is 28.2 Å². The molecule has 142 valence electrons. The smallest absolute Gasteiger partial charge is 0.267 e. The highest BCUT2D eigenvalue weighted by atomic mass is 32.2. The van der Waals surface area contributed by atoms with E-state index in [-0.39, 0.29) is 5.56 Å². The molecule has 0 bridgehead atoms. The van der Waals surface area contributed by atoms with Crippen molar-refractivity contribution >= 4 is 39.2 Å². The number of thioether (sulfide) groups is 1. The Balaban J connectivity index is 2.35. The minimum Gasteiger partial charge on any atom is -0.369 e. The third kappa shape index (κ3) is 3.53. The molecular weight excluding hydrogens is 378 g/mol. The molecular formula is C20H23N3O2S2. The quantitative estimate of drug-likeness (QED) is 0.519. The third-order valence-corrected chi connectivity index (χ3v) is 6.89. The van der Waals surface area contributed by atoms with Crippen LogP contribution in [0.25, 0.3) is 15.9 Å². The lowest BCUT2D eigenvalue weighted by atomic mass is 10.1. The molecule has 3 rings (SSSR count). The molecule has 0 saturated heterocycles. The van der Waals surface area contributed by atoms with Crippen LogP contribution in [0.1, 0.15) is 35.4 Å². The first-order chi connectivity index (χ1) is 12.7. The van der Waals surface area contributed by atoms with Crippen molar-refractivity contribution < 1.29 is 4.79 Å². The van der Waals surface area contributed by atoms with Crippen molar-refractivity contribution in [2.75, 3.05) is 0 Å². The van der Waals surface area contributed by atoms with E-state index in [1.165, 1.54) is 23.1 Å².